The predicted octanol–water partition coefficient (Wildman–Crippen LogP) is 0.00240. The van der Waals surface area contributed by atoms with Crippen molar-refractivity contribution >= 4 is 16.7 Å². The number of hydrogen-bond donors (Lipinski definition) is 2. The number of pyridine rings is 1. The highest BCUT2D eigenvalue weighted by molar-refractivity contribution is 5.74. The first kappa shape index (κ1) is 11.9. The minimum absolute atomic E-state index is 0.0409. The molecule has 0 saturated carbocycles. The molecule has 0 amide bonds. The third-order valence-corrected chi connectivity index (χ3v) is 3.10. The summed E-state index contributed by atoms with van der Waals surface area (Å²) in [6, 6.07) is 6.99. The van der Waals surface area contributed by atoms with E-state index in [1.165, 1.54) is 4.57 Å². The second-order valence-electron chi connectivity index (χ2n) is 4.36. The van der Waals surface area contributed by atoms with Crippen LogP contribution in [0.2, 0.25) is 0 Å². The summed E-state index contributed by atoms with van der Waals surface area (Å²) in [7, 11) is 0. The Morgan fingerprint density at radius 1 is 1.26 bits per heavy atom. The number of hydrogen-bond acceptors (Lipinski definition) is 4. The van der Waals surface area contributed by atoms with E-state index in [-0.39, 0.29) is 18.7 Å². The molecule has 19 heavy (non-hydrogen) atoms. The van der Waals surface area contributed by atoms with Gasteiger partial charge in [0.05, 0.1) is 24.8 Å². The van der Waals surface area contributed by atoms with Gasteiger partial charge in [0.15, 0.2) is 5.65 Å². The summed E-state index contributed by atoms with van der Waals surface area (Å²) >= 11 is 0. The summed E-state index contributed by atoms with van der Waals surface area (Å²) in [6.45, 7) is -0.348. The molecule has 0 aromatic carbocycles. The Balaban J connectivity index is 2.39. The van der Waals surface area contributed by atoms with Gasteiger partial charge in [0.2, 0.25) is 0 Å². The van der Waals surface area contributed by atoms with E-state index >= 15 is 0 Å². The SMILES string of the molecule is O=c1c2cccn2c2ncccc2n1CC(O)CO. The van der Waals surface area contributed by atoms with Crippen LogP contribution in [-0.2, 0) is 6.54 Å². The first-order valence-corrected chi connectivity index (χ1v) is 5.96. The van der Waals surface area contributed by atoms with Crippen molar-refractivity contribution in [2.45, 2.75) is 12.6 Å². The number of fused-ring (bicyclic) bond motifs is 3. The lowest BCUT2D eigenvalue weighted by atomic mass is 10.3. The van der Waals surface area contributed by atoms with Crippen LogP contribution >= 0.6 is 0 Å². The summed E-state index contributed by atoms with van der Waals surface area (Å²) in [5.41, 5.74) is 1.56. The summed E-state index contributed by atoms with van der Waals surface area (Å²) in [6.07, 6.45) is 2.45. The van der Waals surface area contributed by atoms with Crippen LogP contribution in [0.5, 0.6) is 0 Å². The van der Waals surface area contributed by atoms with Crippen molar-refractivity contribution in [3.05, 3.63) is 47.0 Å². The Labute approximate surface area is 108 Å². The molecule has 0 aliphatic heterocycles. The van der Waals surface area contributed by atoms with Gasteiger partial charge in [0.25, 0.3) is 5.56 Å². The molecule has 2 N–H and O–H groups in total. The molecule has 0 aliphatic rings. The second kappa shape index (κ2) is 4.49. The van der Waals surface area contributed by atoms with Crippen LogP contribution in [0.15, 0.2) is 41.5 Å². The Morgan fingerprint density at radius 2 is 2.05 bits per heavy atom. The molecule has 3 heterocycles. The quantitative estimate of drug-likeness (QED) is 0.694. The average molecular weight is 259 g/mol. The first-order chi connectivity index (χ1) is 9.22. The molecule has 0 aliphatic carbocycles. The van der Waals surface area contributed by atoms with Gasteiger partial charge < -0.3 is 14.8 Å². The van der Waals surface area contributed by atoms with E-state index in [9.17, 15) is 9.90 Å². The number of aliphatic hydroxyl groups is 2. The van der Waals surface area contributed by atoms with Crippen molar-refractivity contribution in [3.8, 4) is 0 Å². The number of aliphatic hydroxyl groups excluding tert-OH is 2. The van der Waals surface area contributed by atoms with E-state index < -0.39 is 6.10 Å². The molecule has 1 atom stereocenters. The molecule has 0 fully saturated rings. The van der Waals surface area contributed by atoms with Gasteiger partial charge in [-0.25, -0.2) is 4.98 Å². The third kappa shape index (κ3) is 1.81. The van der Waals surface area contributed by atoms with E-state index in [0.717, 1.165) is 0 Å². The second-order valence-corrected chi connectivity index (χ2v) is 4.36. The molecule has 3 aromatic rings. The normalized spacial score (nSPS) is 13.2. The molecule has 0 radical (unpaired) electrons. The Kier molecular flexibility index (Phi) is 2.81. The Morgan fingerprint density at radius 3 is 2.84 bits per heavy atom. The Bertz CT molecular complexity index is 791. The molecule has 0 saturated heterocycles. The fourth-order valence-electron chi connectivity index (χ4n) is 2.22. The fourth-order valence-corrected chi connectivity index (χ4v) is 2.22. The minimum Gasteiger partial charge on any atom is -0.394 e. The lowest BCUT2D eigenvalue weighted by Gasteiger charge is -2.14. The highest BCUT2D eigenvalue weighted by Crippen LogP contribution is 2.12. The van der Waals surface area contributed by atoms with Gasteiger partial charge >= 0.3 is 0 Å². The molecule has 6 nitrogen and oxygen atoms in total. The van der Waals surface area contributed by atoms with Crippen molar-refractivity contribution in [1.82, 2.24) is 14.0 Å². The van der Waals surface area contributed by atoms with Gasteiger partial charge in [-0.2, -0.15) is 0 Å². The zero-order valence-electron chi connectivity index (χ0n) is 10.1. The van der Waals surface area contributed by atoms with Gasteiger partial charge in [-0.3, -0.25) is 9.20 Å². The van der Waals surface area contributed by atoms with E-state index in [1.54, 1.807) is 41.1 Å². The highest BCUT2D eigenvalue weighted by Gasteiger charge is 2.13. The summed E-state index contributed by atoms with van der Waals surface area (Å²) in [5, 5.41) is 18.5. The van der Waals surface area contributed by atoms with Gasteiger partial charge in [-0.1, -0.05) is 0 Å². The number of nitrogens with zero attached hydrogens (tertiary/aromatic N) is 3. The monoisotopic (exact) mass is 259 g/mol. The maximum Gasteiger partial charge on any atom is 0.275 e. The lowest BCUT2D eigenvalue weighted by molar-refractivity contribution is 0.0815. The van der Waals surface area contributed by atoms with Crippen molar-refractivity contribution in [1.29, 1.82) is 0 Å². The van der Waals surface area contributed by atoms with E-state index in [1.807, 2.05) is 0 Å². The van der Waals surface area contributed by atoms with Gasteiger partial charge in [0, 0.05) is 12.4 Å². The molecular formula is C13H13N3O3. The maximum absolute atomic E-state index is 12.4. The number of rotatable bonds is 3. The fraction of sp³-hybridized carbons (Fsp3) is 0.231. The molecule has 0 spiro atoms. The lowest BCUT2D eigenvalue weighted by Crippen LogP contribution is -2.30. The maximum atomic E-state index is 12.4. The van der Waals surface area contributed by atoms with Crippen LogP contribution < -0.4 is 5.56 Å². The van der Waals surface area contributed by atoms with Crippen LogP contribution in [0.3, 0.4) is 0 Å². The summed E-state index contributed by atoms with van der Waals surface area (Å²) < 4.78 is 3.16. The van der Waals surface area contributed by atoms with Crippen LogP contribution in [-0.4, -0.2) is 36.9 Å². The molecule has 3 aromatic heterocycles. The molecule has 6 heteroatoms. The van der Waals surface area contributed by atoms with E-state index in [4.69, 9.17) is 5.11 Å². The Hall–Kier alpha value is -2.18. The molecule has 3 rings (SSSR count). The average Bonchev–Trinajstić information content (AvgIpc) is 2.93. The van der Waals surface area contributed by atoms with Gasteiger partial charge in [0.1, 0.15) is 5.52 Å². The van der Waals surface area contributed by atoms with Gasteiger partial charge in [-0.15, -0.1) is 0 Å². The predicted molar refractivity (Wildman–Crippen MR) is 70.1 cm³/mol. The van der Waals surface area contributed by atoms with E-state index in [0.29, 0.717) is 16.7 Å². The van der Waals surface area contributed by atoms with Crippen LogP contribution in [0.4, 0.5) is 0 Å². The van der Waals surface area contributed by atoms with Crippen molar-refractivity contribution in [2.24, 2.45) is 0 Å². The molecule has 1 unspecified atom stereocenters. The highest BCUT2D eigenvalue weighted by atomic mass is 16.3. The smallest absolute Gasteiger partial charge is 0.275 e. The van der Waals surface area contributed by atoms with Crippen LogP contribution in [0.25, 0.3) is 16.7 Å². The largest absolute Gasteiger partial charge is 0.394 e. The summed E-state index contributed by atoms with van der Waals surface area (Å²) in [4.78, 5) is 16.7. The van der Waals surface area contributed by atoms with E-state index in [2.05, 4.69) is 4.98 Å². The van der Waals surface area contributed by atoms with Crippen molar-refractivity contribution in [3.63, 3.8) is 0 Å². The van der Waals surface area contributed by atoms with Crippen LogP contribution in [0.1, 0.15) is 0 Å². The third-order valence-electron chi connectivity index (χ3n) is 3.10. The first-order valence-electron chi connectivity index (χ1n) is 5.96. The molecule has 0 bridgehead atoms. The zero-order valence-corrected chi connectivity index (χ0v) is 10.1. The minimum atomic E-state index is -0.974. The number of aromatic nitrogens is 3. The van der Waals surface area contributed by atoms with Crippen molar-refractivity contribution < 1.29 is 10.2 Å². The van der Waals surface area contributed by atoms with Crippen LogP contribution in [0, 0.1) is 0 Å². The standard InChI is InChI=1S/C13H13N3O3/c17-8-9(18)7-16-10-3-1-5-14-12(10)15-6-2-4-11(15)13(16)19/h1-6,9,17-18H,7-8H2. The molecular weight excluding hydrogens is 246 g/mol. The topological polar surface area (TPSA) is 79.8 Å². The van der Waals surface area contributed by atoms with Gasteiger partial charge in [-0.05, 0) is 24.3 Å². The summed E-state index contributed by atoms with van der Waals surface area (Å²) in [5.74, 6) is 0. The van der Waals surface area contributed by atoms with Crippen molar-refractivity contribution in [2.75, 3.05) is 6.61 Å². The zero-order chi connectivity index (χ0) is 13.4. The molecule has 98 valence electrons.